The third-order valence-electron chi connectivity index (χ3n) is 5.16. The largest absolute Gasteiger partial charge is 0.484 e. The third-order valence-corrected chi connectivity index (χ3v) is 6.61. The molecule has 0 aromatic heterocycles. The van der Waals surface area contributed by atoms with E-state index in [9.17, 15) is 19.7 Å². The van der Waals surface area contributed by atoms with Gasteiger partial charge in [0.25, 0.3) is 11.6 Å². The van der Waals surface area contributed by atoms with Crippen LogP contribution in [-0.4, -0.2) is 58.1 Å². The Bertz CT molecular complexity index is 955. The summed E-state index contributed by atoms with van der Waals surface area (Å²) < 4.78 is 10.9. The van der Waals surface area contributed by atoms with Gasteiger partial charge >= 0.3 is 5.97 Å². The SMILES string of the molecule is O=C(COc1ccccc1)NC1CN2C(C(=O)OCc3ccc([N+](=O)[O-])cc3)CSC12. The predicted molar refractivity (Wildman–Crippen MR) is 114 cm³/mol. The van der Waals surface area contributed by atoms with Gasteiger partial charge in [-0.25, -0.2) is 0 Å². The van der Waals surface area contributed by atoms with Crippen LogP contribution in [0, 0.1) is 10.1 Å². The van der Waals surface area contributed by atoms with Crippen LogP contribution < -0.4 is 10.1 Å². The molecule has 4 rings (SSSR count). The number of nitro benzene ring substituents is 1. The first-order valence-electron chi connectivity index (χ1n) is 9.76. The second-order valence-electron chi connectivity index (χ2n) is 7.24. The molecule has 0 radical (unpaired) electrons. The zero-order valence-corrected chi connectivity index (χ0v) is 17.3. The minimum atomic E-state index is -0.474. The number of amides is 1. The van der Waals surface area contributed by atoms with Crippen molar-refractivity contribution in [2.45, 2.75) is 24.1 Å². The zero-order valence-electron chi connectivity index (χ0n) is 16.5. The number of thioether (sulfide) groups is 1. The number of hydrogen-bond donors (Lipinski definition) is 1. The monoisotopic (exact) mass is 443 g/mol. The number of hydrogen-bond acceptors (Lipinski definition) is 8. The van der Waals surface area contributed by atoms with E-state index >= 15 is 0 Å². The molecule has 3 atom stereocenters. The first-order chi connectivity index (χ1) is 15.0. The van der Waals surface area contributed by atoms with Crippen molar-refractivity contribution >= 4 is 29.3 Å². The fraction of sp³-hybridized carbons (Fsp3) is 0.333. The van der Waals surface area contributed by atoms with Crippen molar-refractivity contribution in [2.75, 3.05) is 18.9 Å². The van der Waals surface area contributed by atoms with E-state index in [0.717, 1.165) is 0 Å². The van der Waals surface area contributed by atoms with Crippen LogP contribution in [0.25, 0.3) is 0 Å². The number of benzene rings is 2. The molecule has 0 bridgehead atoms. The number of nitrogens with one attached hydrogen (secondary N) is 1. The first kappa shape index (κ1) is 21.1. The van der Waals surface area contributed by atoms with E-state index in [2.05, 4.69) is 5.32 Å². The molecule has 2 aliphatic heterocycles. The van der Waals surface area contributed by atoms with Crippen molar-refractivity contribution in [3.05, 3.63) is 70.3 Å². The molecule has 9 nitrogen and oxygen atoms in total. The first-order valence-corrected chi connectivity index (χ1v) is 10.8. The summed E-state index contributed by atoms with van der Waals surface area (Å²) in [4.78, 5) is 36.9. The van der Waals surface area contributed by atoms with Crippen molar-refractivity contribution in [1.29, 1.82) is 0 Å². The lowest BCUT2D eigenvalue weighted by atomic mass is 10.1. The minimum Gasteiger partial charge on any atom is -0.484 e. The highest BCUT2D eigenvalue weighted by molar-refractivity contribution is 8.00. The molecule has 3 unspecified atom stereocenters. The Morgan fingerprint density at radius 1 is 1.16 bits per heavy atom. The highest BCUT2D eigenvalue weighted by Crippen LogP contribution is 2.39. The smallest absolute Gasteiger partial charge is 0.324 e. The van der Waals surface area contributed by atoms with E-state index in [1.54, 1.807) is 36.0 Å². The van der Waals surface area contributed by atoms with E-state index in [1.165, 1.54) is 12.1 Å². The van der Waals surface area contributed by atoms with Gasteiger partial charge in [-0.3, -0.25) is 24.6 Å². The molecule has 0 aliphatic carbocycles. The van der Waals surface area contributed by atoms with Crippen LogP contribution in [0.5, 0.6) is 5.75 Å². The summed E-state index contributed by atoms with van der Waals surface area (Å²) in [6.07, 6.45) is 0. The maximum atomic E-state index is 12.5. The molecular weight excluding hydrogens is 422 g/mol. The second kappa shape index (κ2) is 9.36. The molecule has 0 spiro atoms. The van der Waals surface area contributed by atoms with Gasteiger partial charge < -0.3 is 14.8 Å². The molecule has 1 amide bonds. The summed E-state index contributed by atoms with van der Waals surface area (Å²) in [6.45, 7) is 0.581. The van der Waals surface area contributed by atoms with Crippen LogP contribution in [0.4, 0.5) is 5.69 Å². The Morgan fingerprint density at radius 2 is 1.90 bits per heavy atom. The van der Waals surface area contributed by atoms with Gasteiger partial charge in [0.05, 0.1) is 16.3 Å². The number of fused-ring (bicyclic) bond motifs is 1. The second-order valence-corrected chi connectivity index (χ2v) is 8.39. The molecule has 10 heteroatoms. The molecule has 2 aromatic carbocycles. The summed E-state index contributed by atoms with van der Waals surface area (Å²) in [5, 5.41) is 13.7. The number of nitrogens with zero attached hydrogens (tertiary/aromatic N) is 2. The van der Waals surface area contributed by atoms with E-state index in [4.69, 9.17) is 9.47 Å². The molecule has 2 aliphatic rings. The van der Waals surface area contributed by atoms with Gasteiger partial charge in [-0.2, -0.15) is 0 Å². The Balaban J connectivity index is 1.20. The number of para-hydroxylation sites is 1. The highest BCUT2D eigenvalue weighted by atomic mass is 32.2. The van der Waals surface area contributed by atoms with Crippen LogP contribution >= 0.6 is 11.8 Å². The number of carbonyl (C=O) groups is 2. The topological polar surface area (TPSA) is 111 Å². The molecule has 1 N–H and O–H groups in total. The lowest BCUT2D eigenvalue weighted by molar-refractivity contribution is -0.384. The highest BCUT2D eigenvalue weighted by Gasteiger charge is 2.51. The quantitative estimate of drug-likeness (QED) is 0.374. The number of rotatable bonds is 8. The predicted octanol–water partition coefficient (Wildman–Crippen LogP) is 1.96. The van der Waals surface area contributed by atoms with Crippen LogP contribution in [0.1, 0.15) is 5.56 Å². The average molecular weight is 443 g/mol. The Labute approximate surface area is 182 Å². The molecule has 0 saturated carbocycles. The van der Waals surface area contributed by atoms with Gasteiger partial charge in [0.1, 0.15) is 18.4 Å². The number of esters is 1. The molecule has 31 heavy (non-hydrogen) atoms. The van der Waals surface area contributed by atoms with E-state index in [0.29, 0.717) is 23.6 Å². The Hall–Kier alpha value is -3.11. The summed E-state index contributed by atoms with van der Waals surface area (Å²) in [7, 11) is 0. The van der Waals surface area contributed by atoms with Crippen LogP contribution in [0.3, 0.4) is 0 Å². The van der Waals surface area contributed by atoms with E-state index in [1.807, 2.05) is 23.1 Å². The maximum Gasteiger partial charge on any atom is 0.324 e. The van der Waals surface area contributed by atoms with Crippen LogP contribution in [-0.2, 0) is 20.9 Å². The molecule has 2 saturated heterocycles. The molecule has 2 heterocycles. The summed E-state index contributed by atoms with van der Waals surface area (Å²) in [5.41, 5.74) is 0.682. The number of nitro groups is 1. The molecular formula is C21H21N3O6S. The van der Waals surface area contributed by atoms with Gasteiger partial charge in [-0.1, -0.05) is 18.2 Å². The standard InChI is InChI=1S/C21H21N3O6S/c25-19(12-29-16-4-2-1-3-5-16)22-17-10-23-18(13-31-20(17)23)21(26)30-11-14-6-8-15(9-7-14)24(27)28/h1-9,17-18,20H,10-13H2,(H,22,25). The van der Waals surface area contributed by atoms with Crippen molar-refractivity contribution in [2.24, 2.45) is 0 Å². The molecule has 162 valence electrons. The van der Waals surface area contributed by atoms with E-state index in [-0.39, 0.29) is 48.2 Å². The fourth-order valence-electron chi connectivity index (χ4n) is 3.52. The Kier molecular flexibility index (Phi) is 6.38. The van der Waals surface area contributed by atoms with Gasteiger partial charge in [0.2, 0.25) is 0 Å². The normalized spacial score (nSPS) is 22.1. The van der Waals surface area contributed by atoms with Crippen LogP contribution in [0.2, 0.25) is 0 Å². The van der Waals surface area contributed by atoms with E-state index < -0.39 is 4.92 Å². The van der Waals surface area contributed by atoms with Crippen molar-refractivity contribution in [3.8, 4) is 5.75 Å². The van der Waals surface area contributed by atoms with Crippen molar-refractivity contribution in [1.82, 2.24) is 10.2 Å². The number of non-ortho nitro benzene ring substituents is 1. The molecule has 2 aromatic rings. The maximum absolute atomic E-state index is 12.5. The van der Waals surface area contributed by atoms with Gasteiger partial charge in [0, 0.05) is 24.4 Å². The summed E-state index contributed by atoms with van der Waals surface area (Å²) in [6, 6.07) is 14.7. The van der Waals surface area contributed by atoms with Gasteiger partial charge in [-0.05, 0) is 29.8 Å². The third kappa shape index (κ3) is 4.97. The van der Waals surface area contributed by atoms with Crippen molar-refractivity contribution < 1.29 is 24.0 Å². The number of carbonyl (C=O) groups excluding carboxylic acids is 2. The molecule has 2 fully saturated rings. The van der Waals surface area contributed by atoms with Crippen LogP contribution in [0.15, 0.2) is 54.6 Å². The van der Waals surface area contributed by atoms with Gasteiger partial charge in [-0.15, -0.1) is 11.8 Å². The Morgan fingerprint density at radius 3 is 2.61 bits per heavy atom. The van der Waals surface area contributed by atoms with Crippen molar-refractivity contribution in [3.63, 3.8) is 0 Å². The zero-order chi connectivity index (χ0) is 21.8. The summed E-state index contributed by atoms with van der Waals surface area (Å²) in [5.74, 6) is 0.708. The lowest BCUT2D eigenvalue weighted by Crippen LogP contribution is -2.66. The number of ether oxygens (including phenoxy) is 2. The average Bonchev–Trinajstić information content (AvgIpc) is 3.12. The van der Waals surface area contributed by atoms with Gasteiger partial charge in [0.15, 0.2) is 6.61 Å². The fourth-order valence-corrected chi connectivity index (χ4v) is 5.03. The minimum absolute atomic E-state index is 0.00653. The summed E-state index contributed by atoms with van der Waals surface area (Å²) >= 11 is 1.61. The lowest BCUT2D eigenvalue weighted by Gasteiger charge is -2.44.